The molecule has 1 heterocycles. The first-order chi connectivity index (χ1) is 7.34. The molecular weight excluding hydrogens is 204 g/mol. The monoisotopic (exact) mass is 218 g/mol. The fraction of sp³-hybridized carbons (Fsp3) is 0.417. The molecule has 2 aromatic rings. The van der Waals surface area contributed by atoms with Gasteiger partial charge in [0.15, 0.2) is 0 Å². The maximum Gasteiger partial charge on any atom is 0.117 e. The quantitative estimate of drug-likeness (QED) is 0.854. The van der Waals surface area contributed by atoms with Gasteiger partial charge in [-0.05, 0) is 41.9 Å². The van der Waals surface area contributed by atoms with Gasteiger partial charge in [0.2, 0.25) is 0 Å². The summed E-state index contributed by atoms with van der Waals surface area (Å²) in [6.45, 7) is 3.42. The third-order valence-corrected chi connectivity index (χ3v) is 4.02. The van der Waals surface area contributed by atoms with Gasteiger partial charge in [0.25, 0.3) is 0 Å². The Labute approximate surface area is 93.5 Å². The number of benzene rings is 1. The fourth-order valence-corrected chi connectivity index (χ4v) is 2.69. The molecule has 0 aliphatic heterocycles. The van der Waals surface area contributed by atoms with Gasteiger partial charge >= 0.3 is 0 Å². The normalized spacial score (nSPS) is 24.3. The molecule has 0 bridgehead atoms. The second-order valence-corrected chi connectivity index (χ2v) is 5.16. The predicted molar refractivity (Wildman–Crippen MR) is 65.4 cm³/mol. The Morgan fingerprint density at radius 3 is 3.07 bits per heavy atom. The third-order valence-electron chi connectivity index (χ3n) is 3.18. The van der Waals surface area contributed by atoms with Crippen LogP contribution in [0.25, 0.3) is 10.9 Å². The molecule has 1 aromatic heterocycles. The number of anilines is 1. The van der Waals surface area contributed by atoms with Crippen LogP contribution in [0.3, 0.4) is 0 Å². The van der Waals surface area contributed by atoms with Crippen LogP contribution in [0.15, 0.2) is 24.3 Å². The smallest absolute Gasteiger partial charge is 0.117 e. The van der Waals surface area contributed by atoms with E-state index in [1.165, 1.54) is 16.8 Å². The summed E-state index contributed by atoms with van der Waals surface area (Å²) in [6, 6.07) is 8.31. The van der Waals surface area contributed by atoms with Crippen molar-refractivity contribution in [2.45, 2.75) is 13.3 Å². The first-order valence-electron chi connectivity index (χ1n) is 5.43. The highest BCUT2D eigenvalue weighted by Crippen LogP contribution is 2.38. The summed E-state index contributed by atoms with van der Waals surface area (Å²) < 4.78 is 4.42. The van der Waals surface area contributed by atoms with E-state index >= 15 is 0 Å². The Balaban J connectivity index is 1.79. The standard InChI is InChI=1S/C12H14N2S/c1-8-6-9(8)7-13-12-10-4-2-3-5-11(10)14-15-12/h2-5,8-9,13H,6-7H2,1H3. The van der Waals surface area contributed by atoms with Crippen LogP contribution in [0.1, 0.15) is 13.3 Å². The van der Waals surface area contributed by atoms with E-state index in [1.807, 2.05) is 6.07 Å². The number of hydrogen-bond acceptors (Lipinski definition) is 3. The summed E-state index contributed by atoms with van der Waals surface area (Å²) in [5, 5.41) is 6.00. The number of nitrogens with zero attached hydrogens (tertiary/aromatic N) is 1. The van der Waals surface area contributed by atoms with Crippen molar-refractivity contribution in [3.8, 4) is 0 Å². The van der Waals surface area contributed by atoms with E-state index < -0.39 is 0 Å². The summed E-state index contributed by atoms with van der Waals surface area (Å²) in [6.07, 6.45) is 1.38. The number of aromatic nitrogens is 1. The summed E-state index contributed by atoms with van der Waals surface area (Å²) >= 11 is 1.57. The second-order valence-electron chi connectivity index (χ2n) is 4.38. The SMILES string of the molecule is CC1CC1CNc1snc2ccccc12. The highest BCUT2D eigenvalue weighted by Gasteiger charge is 2.32. The van der Waals surface area contributed by atoms with Gasteiger partial charge < -0.3 is 5.32 Å². The predicted octanol–water partition coefficient (Wildman–Crippen LogP) is 3.36. The topological polar surface area (TPSA) is 24.9 Å². The van der Waals surface area contributed by atoms with Crippen LogP contribution in [0.5, 0.6) is 0 Å². The first-order valence-corrected chi connectivity index (χ1v) is 6.20. The molecule has 3 heteroatoms. The van der Waals surface area contributed by atoms with Gasteiger partial charge in [-0.2, -0.15) is 4.37 Å². The van der Waals surface area contributed by atoms with E-state index in [0.29, 0.717) is 0 Å². The molecule has 1 N–H and O–H groups in total. The molecule has 0 radical (unpaired) electrons. The molecule has 1 aromatic carbocycles. The number of hydrogen-bond donors (Lipinski definition) is 1. The highest BCUT2D eigenvalue weighted by molar-refractivity contribution is 7.11. The average Bonchev–Trinajstić information content (AvgIpc) is 2.81. The molecular formula is C12H14N2S. The van der Waals surface area contributed by atoms with E-state index in [1.54, 1.807) is 11.5 Å². The van der Waals surface area contributed by atoms with Gasteiger partial charge in [-0.3, -0.25) is 0 Å². The van der Waals surface area contributed by atoms with Crippen molar-refractivity contribution in [2.75, 3.05) is 11.9 Å². The van der Waals surface area contributed by atoms with E-state index in [-0.39, 0.29) is 0 Å². The van der Waals surface area contributed by atoms with Crippen LogP contribution in [0.2, 0.25) is 0 Å². The van der Waals surface area contributed by atoms with Crippen molar-refractivity contribution in [1.29, 1.82) is 0 Å². The average molecular weight is 218 g/mol. The van der Waals surface area contributed by atoms with Gasteiger partial charge in [-0.15, -0.1) is 0 Å². The fourth-order valence-electron chi connectivity index (χ4n) is 1.92. The van der Waals surface area contributed by atoms with Gasteiger partial charge in [0.05, 0.1) is 5.52 Å². The number of nitrogens with one attached hydrogen (secondary N) is 1. The minimum absolute atomic E-state index is 0.880. The Kier molecular flexibility index (Phi) is 2.13. The molecule has 0 saturated heterocycles. The lowest BCUT2D eigenvalue weighted by atomic mass is 10.2. The Bertz CT molecular complexity index is 477. The Hall–Kier alpha value is -1.09. The van der Waals surface area contributed by atoms with E-state index in [9.17, 15) is 0 Å². The van der Waals surface area contributed by atoms with Crippen LogP contribution < -0.4 is 5.32 Å². The molecule has 15 heavy (non-hydrogen) atoms. The maximum atomic E-state index is 4.42. The van der Waals surface area contributed by atoms with Crippen LogP contribution in [-0.2, 0) is 0 Å². The Morgan fingerprint density at radius 2 is 2.27 bits per heavy atom. The number of rotatable bonds is 3. The zero-order valence-corrected chi connectivity index (χ0v) is 9.55. The van der Waals surface area contributed by atoms with Gasteiger partial charge in [-0.25, -0.2) is 0 Å². The van der Waals surface area contributed by atoms with Crippen LogP contribution >= 0.6 is 11.5 Å². The number of fused-ring (bicyclic) bond motifs is 1. The minimum Gasteiger partial charge on any atom is -0.375 e. The van der Waals surface area contributed by atoms with Crippen molar-refractivity contribution in [3.05, 3.63) is 24.3 Å². The zero-order valence-electron chi connectivity index (χ0n) is 8.73. The van der Waals surface area contributed by atoms with Gasteiger partial charge in [-0.1, -0.05) is 19.1 Å². The van der Waals surface area contributed by atoms with E-state index in [2.05, 4.69) is 34.8 Å². The van der Waals surface area contributed by atoms with Crippen molar-refractivity contribution >= 4 is 27.4 Å². The lowest BCUT2D eigenvalue weighted by molar-refractivity contribution is 0.789. The van der Waals surface area contributed by atoms with Gasteiger partial charge in [0.1, 0.15) is 5.00 Å². The molecule has 1 saturated carbocycles. The third kappa shape index (κ3) is 1.72. The summed E-state index contributed by atoms with van der Waals surface area (Å²) in [7, 11) is 0. The largest absolute Gasteiger partial charge is 0.375 e. The molecule has 1 aliphatic rings. The lowest BCUT2D eigenvalue weighted by Gasteiger charge is -2.01. The van der Waals surface area contributed by atoms with Crippen molar-refractivity contribution in [2.24, 2.45) is 11.8 Å². The van der Waals surface area contributed by atoms with Crippen molar-refractivity contribution in [1.82, 2.24) is 4.37 Å². The van der Waals surface area contributed by atoms with Crippen LogP contribution in [0.4, 0.5) is 5.00 Å². The molecule has 78 valence electrons. The molecule has 1 aliphatic carbocycles. The molecule has 2 nitrogen and oxygen atoms in total. The van der Waals surface area contributed by atoms with Gasteiger partial charge in [0, 0.05) is 11.9 Å². The molecule has 1 fully saturated rings. The van der Waals surface area contributed by atoms with Crippen molar-refractivity contribution in [3.63, 3.8) is 0 Å². The minimum atomic E-state index is 0.880. The Morgan fingerprint density at radius 1 is 1.47 bits per heavy atom. The summed E-state index contributed by atoms with van der Waals surface area (Å²) in [5.41, 5.74) is 1.11. The van der Waals surface area contributed by atoms with E-state index in [4.69, 9.17) is 0 Å². The highest BCUT2D eigenvalue weighted by atomic mass is 32.1. The molecule has 0 amide bonds. The molecule has 2 atom stereocenters. The molecule has 0 spiro atoms. The van der Waals surface area contributed by atoms with Crippen molar-refractivity contribution < 1.29 is 0 Å². The van der Waals surface area contributed by atoms with Crippen LogP contribution in [0, 0.1) is 11.8 Å². The van der Waals surface area contributed by atoms with Crippen LogP contribution in [-0.4, -0.2) is 10.9 Å². The summed E-state index contributed by atoms with van der Waals surface area (Å²) in [5.74, 6) is 1.79. The summed E-state index contributed by atoms with van der Waals surface area (Å²) in [4.78, 5) is 0. The maximum absolute atomic E-state index is 4.42. The second kappa shape index (κ2) is 3.49. The first kappa shape index (κ1) is 9.16. The van der Waals surface area contributed by atoms with E-state index in [0.717, 1.165) is 23.9 Å². The molecule has 2 unspecified atom stereocenters. The lowest BCUT2D eigenvalue weighted by Crippen LogP contribution is -2.02. The zero-order chi connectivity index (χ0) is 10.3. The molecule has 3 rings (SSSR count).